The summed E-state index contributed by atoms with van der Waals surface area (Å²) in [6.45, 7) is 4.69. The number of methoxy groups -OCH3 is 1. The molecule has 4 nitrogen and oxygen atoms in total. The predicted molar refractivity (Wildman–Crippen MR) is 47.1 cm³/mol. The summed E-state index contributed by atoms with van der Waals surface area (Å²) in [5, 5.41) is 20.7. The zero-order valence-corrected chi connectivity index (χ0v) is 8.00. The summed E-state index contributed by atoms with van der Waals surface area (Å²) in [6, 6.07) is 0. The van der Waals surface area contributed by atoms with Gasteiger partial charge in [-0.25, -0.2) is 0 Å². The van der Waals surface area contributed by atoms with Gasteiger partial charge in [0.1, 0.15) is 0 Å². The Balaban J connectivity index is 3.59. The number of β-amino-alcohol motifs (C(OH)–C–C–N with tert-alkyl or cyclic N) is 1. The van der Waals surface area contributed by atoms with Gasteiger partial charge in [-0.2, -0.15) is 0 Å². The van der Waals surface area contributed by atoms with Crippen molar-refractivity contribution in [3.63, 3.8) is 0 Å². The van der Waals surface area contributed by atoms with E-state index in [1.807, 2.05) is 13.8 Å². The molecular formula is C8H19NO3. The minimum absolute atomic E-state index is 0.162. The fraction of sp³-hybridized carbons (Fsp3) is 1.00. The molecule has 0 fully saturated rings. The molecule has 4 heteroatoms. The molecule has 0 rings (SSSR count). The van der Waals surface area contributed by atoms with E-state index in [9.17, 15) is 0 Å². The van der Waals surface area contributed by atoms with Gasteiger partial charge in [0.2, 0.25) is 0 Å². The second-order valence-electron chi connectivity index (χ2n) is 3.53. The highest BCUT2D eigenvalue weighted by Gasteiger charge is 2.17. The Hall–Kier alpha value is -0.160. The van der Waals surface area contributed by atoms with E-state index >= 15 is 0 Å². The number of hydrogen-bond donors (Lipinski definition) is 3. The first kappa shape index (κ1) is 11.8. The van der Waals surface area contributed by atoms with Gasteiger partial charge in [-0.1, -0.05) is 0 Å². The van der Waals surface area contributed by atoms with Crippen molar-refractivity contribution < 1.29 is 14.9 Å². The fourth-order valence-electron chi connectivity index (χ4n) is 0.871. The molecule has 0 radical (unpaired) electrons. The smallest absolute Gasteiger partial charge is 0.0895 e. The molecule has 1 atom stereocenters. The lowest BCUT2D eigenvalue weighted by Gasteiger charge is -2.26. The molecule has 0 aromatic heterocycles. The summed E-state index contributed by atoms with van der Waals surface area (Å²) >= 11 is 0. The Labute approximate surface area is 73.5 Å². The van der Waals surface area contributed by atoms with Crippen molar-refractivity contribution in [3.8, 4) is 0 Å². The van der Waals surface area contributed by atoms with Crippen LogP contribution in [0.5, 0.6) is 0 Å². The molecule has 0 unspecified atom stereocenters. The molecule has 0 saturated heterocycles. The third-order valence-electron chi connectivity index (χ3n) is 1.53. The van der Waals surface area contributed by atoms with Gasteiger partial charge in [0.25, 0.3) is 0 Å². The van der Waals surface area contributed by atoms with E-state index in [2.05, 4.69) is 5.32 Å². The van der Waals surface area contributed by atoms with Crippen LogP contribution in [0, 0.1) is 0 Å². The van der Waals surface area contributed by atoms with Crippen LogP contribution in [0.15, 0.2) is 0 Å². The molecule has 3 N–H and O–H groups in total. The monoisotopic (exact) mass is 177 g/mol. The van der Waals surface area contributed by atoms with E-state index in [-0.39, 0.29) is 12.1 Å². The first-order valence-electron chi connectivity index (χ1n) is 4.04. The summed E-state index contributed by atoms with van der Waals surface area (Å²) in [7, 11) is 1.63. The lowest BCUT2D eigenvalue weighted by atomic mass is 10.1. The number of ether oxygens (including phenoxy) is 1. The summed E-state index contributed by atoms with van der Waals surface area (Å²) < 4.78 is 4.97. The van der Waals surface area contributed by atoms with Gasteiger partial charge >= 0.3 is 0 Å². The maximum Gasteiger partial charge on any atom is 0.0895 e. The van der Waals surface area contributed by atoms with Gasteiger partial charge in [-0.15, -0.1) is 0 Å². The third kappa shape index (κ3) is 5.49. The normalized spacial score (nSPS) is 14.8. The molecule has 0 aromatic rings. The van der Waals surface area contributed by atoms with Gasteiger partial charge in [-0.05, 0) is 13.8 Å². The Morgan fingerprint density at radius 2 is 2.08 bits per heavy atom. The van der Waals surface area contributed by atoms with Gasteiger partial charge in [-0.3, -0.25) is 0 Å². The molecule has 74 valence electrons. The summed E-state index contributed by atoms with van der Waals surface area (Å²) in [6.07, 6.45) is -0.693. The maximum atomic E-state index is 9.04. The molecule has 12 heavy (non-hydrogen) atoms. The average molecular weight is 177 g/mol. The first-order chi connectivity index (χ1) is 5.52. The van der Waals surface area contributed by atoms with Crippen molar-refractivity contribution in [1.82, 2.24) is 5.32 Å². The minimum atomic E-state index is -0.693. The van der Waals surface area contributed by atoms with Crippen molar-refractivity contribution in [2.45, 2.75) is 25.5 Å². The van der Waals surface area contributed by atoms with Crippen LogP contribution in [0.4, 0.5) is 0 Å². The Bertz CT molecular complexity index is 117. The number of nitrogens with one attached hydrogen (secondary N) is 1. The molecule has 0 spiro atoms. The number of rotatable bonds is 6. The van der Waals surface area contributed by atoms with Gasteiger partial charge in [0.15, 0.2) is 0 Å². The maximum absolute atomic E-state index is 9.04. The van der Waals surface area contributed by atoms with Crippen LogP contribution in [0.3, 0.4) is 0 Å². The third-order valence-corrected chi connectivity index (χ3v) is 1.53. The largest absolute Gasteiger partial charge is 0.394 e. The van der Waals surface area contributed by atoms with Crippen LogP contribution < -0.4 is 5.32 Å². The molecule has 0 aromatic carbocycles. The van der Waals surface area contributed by atoms with E-state index in [0.717, 1.165) is 0 Å². The number of aliphatic hydroxyl groups is 2. The number of hydrogen-bond acceptors (Lipinski definition) is 4. The zero-order valence-electron chi connectivity index (χ0n) is 8.00. The zero-order chi connectivity index (χ0) is 9.61. The van der Waals surface area contributed by atoms with Gasteiger partial charge < -0.3 is 20.3 Å². The first-order valence-corrected chi connectivity index (χ1v) is 4.04. The molecule has 0 saturated carbocycles. The van der Waals surface area contributed by atoms with Crippen LogP contribution >= 0.6 is 0 Å². The highest BCUT2D eigenvalue weighted by atomic mass is 16.5. The molecule has 0 aliphatic heterocycles. The Kier molecular flexibility index (Phi) is 5.41. The summed E-state index contributed by atoms with van der Waals surface area (Å²) in [5.41, 5.74) is -0.162. The summed E-state index contributed by atoms with van der Waals surface area (Å²) in [5.74, 6) is 0. The Morgan fingerprint density at radius 1 is 1.50 bits per heavy atom. The van der Waals surface area contributed by atoms with Crippen molar-refractivity contribution in [2.75, 3.05) is 26.9 Å². The van der Waals surface area contributed by atoms with E-state index in [0.29, 0.717) is 13.2 Å². The van der Waals surface area contributed by atoms with Crippen molar-refractivity contribution in [1.29, 1.82) is 0 Å². The number of aliphatic hydroxyl groups excluding tert-OH is 2. The van der Waals surface area contributed by atoms with Gasteiger partial charge in [0, 0.05) is 19.2 Å². The lowest BCUT2D eigenvalue weighted by molar-refractivity contribution is 0.0737. The van der Waals surface area contributed by atoms with E-state index in [4.69, 9.17) is 14.9 Å². The second kappa shape index (κ2) is 5.48. The molecule has 0 amide bonds. The van der Waals surface area contributed by atoms with E-state index < -0.39 is 6.10 Å². The van der Waals surface area contributed by atoms with Crippen LogP contribution in [0.25, 0.3) is 0 Å². The highest BCUT2D eigenvalue weighted by Crippen LogP contribution is 2.01. The molecule has 0 bridgehead atoms. The molecule has 0 aliphatic carbocycles. The Morgan fingerprint density at radius 3 is 2.50 bits per heavy atom. The van der Waals surface area contributed by atoms with Gasteiger partial charge in [0.05, 0.1) is 19.3 Å². The quantitative estimate of drug-likeness (QED) is 0.505. The van der Waals surface area contributed by atoms with Crippen molar-refractivity contribution in [3.05, 3.63) is 0 Å². The molecular weight excluding hydrogens is 158 g/mol. The predicted octanol–water partition coefficient (Wildman–Crippen LogP) is -0.646. The fourth-order valence-corrected chi connectivity index (χ4v) is 0.871. The highest BCUT2D eigenvalue weighted by molar-refractivity contribution is 4.77. The van der Waals surface area contributed by atoms with Crippen molar-refractivity contribution >= 4 is 0 Å². The van der Waals surface area contributed by atoms with Crippen LogP contribution in [0.2, 0.25) is 0 Å². The minimum Gasteiger partial charge on any atom is -0.394 e. The summed E-state index contributed by atoms with van der Waals surface area (Å²) in [4.78, 5) is 0. The average Bonchev–Trinajstić information content (AvgIpc) is 2.00. The molecule has 0 aliphatic rings. The molecule has 0 heterocycles. The van der Waals surface area contributed by atoms with Crippen LogP contribution in [0.1, 0.15) is 13.8 Å². The van der Waals surface area contributed by atoms with Crippen LogP contribution in [-0.2, 0) is 4.74 Å². The van der Waals surface area contributed by atoms with E-state index in [1.54, 1.807) is 7.11 Å². The topological polar surface area (TPSA) is 61.7 Å². The lowest BCUT2D eigenvalue weighted by Crippen LogP contribution is -2.47. The second-order valence-corrected chi connectivity index (χ2v) is 3.53. The van der Waals surface area contributed by atoms with Crippen molar-refractivity contribution in [2.24, 2.45) is 0 Å². The standard InChI is InChI=1S/C8H19NO3/c1-8(2,6-12-3)9-4-7(11)5-10/h7,9-11H,4-6H2,1-3H3/t7-/m0/s1. The van der Waals surface area contributed by atoms with Crippen LogP contribution in [-0.4, -0.2) is 48.7 Å². The van der Waals surface area contributed by atoms with E-state index in [1.165, 1.54) is 0 Å². The SMILES string of the molecule is COCC(C)(C)NC[C@H](O)CO.